The predicted molar refractivity (Wildman–Crippen MR) is 69.7 cm³/mol. The van der Waals surface area contributed by atoms with E-state index in [4.69, 9.17) is 4.74 Å². The zero-order chi connectivity index (χ0) is 12.1. The molecule has 1 aliphatic heterocycles. The number of nitrogens with one attached hydrogen (secondary N) is 1. The monoisotopic (exact) mass is 235 g/mol. The zero-order valence-corrected chi connectivity index (χ0v) is 10.6. The van der Waals surface area contributed by atoms with Crippen molar-refractivity contribution in [3.05, 3.63) is 18.2 Å². The highest BCUT2D eigenvalue weighted by atomic mass is 16.5. The molecule has 1 aromatic heterocycles. The van der Waals surface area contributed by atoms with E-state index < -0.39 is 0 Å². The third kappa shape index (κ3) is 2.88. The Labute approximate surface area is 103 Å². The number of pyridine rings is 1. The average molecular weight is 235 g/mol. The molecule has 0 atom stereocenters. The van der Waals surface area contributed by atoms with Gasteiger partial charge in [0.05, 0.1) is 12.6 Å². The van der Waals surface area contributed by atoms with Gasteiger partial charge in [0, 0.05) is 25.7 Å². The van der Waals surface area contributed by atoms with Gasteiger partial charge in [0.15, 0.2) is 0 Å². The van der Waals surface area contributed by atoms with Gasteiger partial charge >= 0.3 is 0 Å². The van der Waals surface area contributed by atoms with Gasteiger partial charge in [0.1, 0.15) is 5.82 Å². The third-order valence-corrected chi connectivity index (χ3v) is 2.96. The Kier molecular flexibility index (Phi) is 4.20. The average Bonchev–Trinajstić information content (AvgIpc) is 2.27. The van der Waals surface area contributed by atoms with Crippen LogP contribution in [0.5, 0.6) is 5.88 Å². The molecule has 1 saturated heterocycles. The lowest BCUT2D eigenvalue weighted by Gasteiger charge is -2.39. The van der Waals surface area contributed by atoms with Crippen molar-refractivity contribution < 1.29 is 4.74 Å². The first-order valence-corrected chi connectivity index (χ1v) is 6.42. The summed E-state index contributed by atoms with van der Waals surface area (Å²) in [5.41, 5.74) is 0. The lowest BCUT2D eigenvalue weighted by Crippen LogP contribution is -2.57. The molecule has 1 aromatic rings. The topological polar surface area (TPSA) is 37.4 Å². The maximum Gasteiger partial charge on any atom is 0.215 e. The van der Waals surface area contributed by atoms with E-state index in [1.165, 1.54) is 0 Å². The fourth-order valence-corrected chi connectivity index (χ4v) is 2.01. The third-order valence-electron chi connectivity index (χ3n) is 2.96. The van der Waals surface area contributed by atoms with E-state index in [0.717, 1.165) is 37.8 Å². The van der Waals surface area contributed by atoms with Crippen LogP contribution in [0.25, 0.3) is 0 Å². The van der Waals surface area contributed by atoms with Crippen LogP contribution in [-0.2, 0) is 0 Å². The smallest absolute Gasteiger partial charge is 0.215 e. The highest BCUT2D eigenvalue weighted by Crippen LogP contribution is 2.20. The summed E-state index contributed by atoms with van der Waals surface area (Å²) in [6, 6.07) is 6.58. The Morgan fingerprint density at radius 3 is 2.82 bits per heavy atom. The lowest BCUT2D eigenvalue weighted by molar-refractivity contribution is 0.326. The van der Waals surface area contributed by atoms with Crippen molar-refractivity contribution in [1.82, 2.24) is 10.3 Å². The Hall–Kier alpha value is -1.29. The number of rotatable bonds is 6. The minimum absolute atomic E-state index is 0.583. The van der Waals surface area contributed by atoms with E-state index in [1.807, 2.05) is 19.1 Å². The van der Waals surface area contributed by atoms with Gasteiger partial charge in [0.25, 0.3) is 0 Å². The minimum atomic E-state index is 0.583. The molecule has 4 nitrogen and oxygen atoms in total. The number of ether oxygens (including phenoxy) is 1. The van der Waals surface area contributed by atoms with E-state index in [-0.39, 0.29) is 0 Å². The summed E-state index contributed by atoms with van der Waals surface area (Å²) >= 11 is 0. The summed E-state index contributed by atoms with van der Waals surface area (Å²) in [4.78, 5) is 6.93. The van der Waals surface area contributed by atoms with Gasteiger partial charge in [-0.05, 0) is 19.4 Å². The fraction of sp³-hybridized carbons (Fsp3) is 0.615. The van der Waals surface area contributed by atoms with Crippen molar-refractivity contribution in [2.75, 3.05) is 31.1 Å². The number of anilines is 1. The highest BCUT2D eigenvalue weighted by Gasteiger charge is 2.25. The lowest BCUT2D eigenvalue weighted by atomic mass is 10.1. The van der Waals surface area contributed by atoms with E-state index in [9.17, 15) is 0 Å². The molecule has 0 saturated carbocycles. The summed E-state index contributed by atoms with van der Waals surface area (Å²) < 4.78 is 5.45. The second kappa shape index (κ2) is 5.87. The second-order valence-electron chi connectivity index (χ2n) is 4.27. The van der Waals surface area contributed by atoms with Crippen LogP contribution in [0.2, 0.25) is 0 Å². The maximum absolute atomic E-state index is 5.45. The fourth-order valence-electron chi connectivity index (χ4n) is 2.01. The molecule has 0 unspecified atom stereocenters. The molecule has 0 bridgehead atoms. The molecule has 0 aromatic carbocycles. The quantitative estimate of drug-likeness (QED) is 0.814. The first-order chi connectivity index (χ1) is 8.35. The largest absolute Gasteiger partial charge is 0.478 e. The van der Waals surface area contributed by atoms with Gasteiger partial charge < -0.3 is 15.0 Å². The van der Waals surface area contributed by atoms with Crippen molar-refractivity contribution in [2.45, 2.75) is 26.3 Å². The number of nitrogens with zero attached hydrogens (tertiary/aromatic N) is 2. The molecule has 0 aliphatic carbocycles. The van der Waals surface area contributed by atoms with E-state index >= 15 is 0 Å². The van der Waals surface area contributed by atoms with Crippen LogP contribution < -0.4 is 15.0 Å². The van der Waals surface area contributed by atoms with Crippen LogP contribution in [0.1, 0.15) is 20.3 Å². The van der Waals surface area contributed by atoms with Crippen molar-refractivity contribution in [2.24, 2.45) is 0 Å². The van der Waals surface area contributed by atoms with Gasteiger partial charge in [0.2, 0.25) is 5.88 Å². The molecule has 94 valence electrons. The van der Waals surface area contributed by atoms with Gasteiger partial charge in [-0.2, -0.15) is 4.98 Å². The summed E-state index contributed by atoms with van der Waals surface area (Å²) in [5, 5.41) is 3.31. The molecule has 0 amide bonds. The number of hydrogen-bond acceptors (Lipinski definition) is 4. The number of hydrogen-bond donors (Lipinski definition) is 1. The van der Waals surface area contributed by atoms with E-state index in [2.05, 4.69) is 28.2 Å². The van der Waals surface area contributed by atoms with Crippen LogP contribution >= 0.6 is 0 Å². The SMILES string of the molecule is CCCN(c1cccc(OCC)n1)C1CNC1. The van der Waals surface area contributed by atoms with E-state index in [1.54, 1.807) is 0 Å². The summed E-state index contributed by atoms with van der Waals surface area (Å²) in [6.45, 7) is 8.00. The van der Waals surface area contributed by atoms with Crippen LogP contribution in [0, 0.1) is 0 Å². The molecule has 17 heavy (non-hydrogen) atoms. The Balaban J connectivity index is 2.13. The Morgan fingerprint density at radius 1 is 1.41 bits per heavy atom. The molecule has 0 radical (unpaired) electrons. The van der Waals surface area contributed by atoms with E-state index in [0.29, 0.717) is 12.6 Å². The Morgan fingerprint density at radius 2 is 2.24 bits per heavy atom. The van der Waals surface area contributed by atoms with Gasteiger partial charge in [-0.1, -0.05) is 13.0 Å². The molecule has 1 aliphatic rings. The van der Waals surface area contributed by atoms with Crippen LogP contribution in [0.15, 0.2) is 18.2 Å². The second-order valence-corrected chi connectivity index (χ2v) is 4.27. The summed E-state index contributed by atoms with van der Waals surface area (Å²) in [7, 11) is 0. The van der Waals surface area contributed by atoms with Crippen molar-refractivity contribution >= 4 is 5.82 Å². The maximum atomic E-state index is 5.45. The minimum Gasteiger partial charge on any atom is -0.478 e. The van der Waals surface area contributed by atoms with Crippen molar-refractivity contribution in [3.63, 3.8) is 0 Å². The van der Waals surface area contributed by atoms with Crippen LogP contribution in [0.4, 0.5) is 5.82 Å². The normalized spacial score (nSPS) is 15.4. The Bertz CT molecular complexity index is 352. The highest BCUT2D eigenvalue weighted by molar-refractivity contribution is 5.42. The number of aromatic nitrogens is 1. The van der Waals surface area contributed by atoms with Gasteiger partial charge in [-0.25, -0.2) is 0 Å². The predicted octanol–water partition coefficient (Wildman–Crippen LogP) is 1.67. The first kappa shape index (κ1) is 12.2. The van der Waals surface area contributed by atoms with Crippen LogP contribution in [0.3, 0.4) is 0 Å². The molecule has 2 heterocycles. The standard InChI is InChI=1S/C13H21N3O/c1-3-8-16(11-9-14-10-11)12-6-5-7-13(15-12)17-4-2/h5-7,11,14H,3-4,8-10H2,1-2H3. The molecule has 4 heteroatoms. The molecule has 2 rings (SSSR count). The van der Waals surface area contributed by atoms with Crippen LogP contribution in [-0.4, -0.2) is 37.3 Å². The molecular formula is C13H21N3O. The molecule has 1 fully saturated rings. The summed E-state index contributed by atoms with van der Waals surface area (Å²) in [6.07, 6.45) is 1.14. The molecule has 1 N–H and O–H groups in total. The first-order valence-electron chi connectivity index (χ1n) is 6.42. The van der Waals surface area contributed by atoms with Crippen molar-refractivity contribution in [1.29, 1.82) is 0 Å². The summed E-state index contributed by atoms with van der Waals surface area (Å²) in [5.74, 6) is 1.75. The zero-order valence-electron chi connectivity index (χ0n) is 10.6. The molecular weight excluding hydrogens is 214 g/mol. The van der Waals surface area contributed by atoms with Gasteiger partial charge in [-0.15, -0.1) is 0 Å². The van der Waals surface area contributed by atoms with Crippen molar-refractivity contribution in [3.8, 4) is 5.88 Å². The van der Waals surface area contributed by atoms with Gasteiger partial charge in [-0.3, -0.25) is 0 Å². The molecule has 0 spiro atoms.